The summed E-state index contributed by atoms with van der Waals surface area (Å²) in [6.07, 6.45) is 6.63. The van der Waals surface area contributed by atoms with E-state index in [0.29, 0.717) is 16.3 Å². The van der Waals surface area contributed by atoms with Crippen LogP contribution >= 0.6 is 11.8 Å². The SMILES string of the molecule is CS[C@H]1CCC[C@@H]1N(C)C(=O)c1c[nH]c2c(C)cc(F)cc2c1=O. The quantitative estimate of drug-likeness (QED) is 0.926. The first kappa shape index (κ1) is 17.0. The lowest BCUT2D eigenvalue weighted by molar-refractivity contribution is 0.0737. The van der Waals surface area contributed by atoms with Crippen molar-refractivity contribution in [1.29, 1.82) is 0 Å². The van der Waals surface area contributed by atoms with Crippen molar-refractivity contribution in [3.63, 3.8) is 0 Å². The lowest BCUT2D eigenvalue weighted by Gasteiger charge is -2.28. The van der Waals surface area contributed by atoms with Crippen molar-refractivity contribution < 1.29 is 9.18 Å². The molecule has 0 unspecified atom stereocenters. The first-order valence-corrected chi connectivity index (χ1v) is 9.34. The van der Waals surface area contributed by atoms with Crippen LogP contribution in [0.5, 0.6) is 0 Å². The smallest absolute Gasteiger partial charge is 0.259 e. The van der Waals surface area contributed by atoms with Crippen molar-refractivity contribution >= 4 is 28.6 Å². The van der Waals surface area contributed by atoms with E-state index in [4.69, 9.17) is 0 Å². The van der Waals surface area contributed by atoms with Crippen LogP contribution in [0.15, 0.2) is 23.1 Å². The minimum Gasteiger partial charge on any atom is -0.360 e. The second kappa shape index (κ2) is 6.59. The van der Waals surface area contributed by atoms with Gasteiger partial charge in [0.2, 0.25) is 5.43 Å². The molecular weight excluding hydrogens is 327 g/mol. The van der Waals surface area contributed by atoms with Crippen LogP contribution in [0.3, 0.4) is 0 Å². The van der Waals surface area contributed by atoms with Crippen LogP contribution in [-0.2, 0) is 0 Å². The molecule has 1 amide bonds. The number of pyridine rings is 1. The second-order valence-corrected chi connectivity index (χ2v) is 7.44. The van der Waals surface area contributed by atoms with Gasteiger partial charge in [-0.2, -0.15) is 11.8 Å². The van der Waals surface area contributed by atoms with Gasteiger partial charge in [0.1, 0.15) is 11.4 Å². The van der Waals surface area contributed by atoms with Crippen molar-refractivity contribution in [2.75, 3.05) is 13.3 Å². The molecule has 1 aromatic heterocycles. The van der Waals surface area contributed by atoms with Gasteiger partial charge in [0.25, 0.3) is 5.91 Å². The van der Waals surface area contributed by atoms with E-state index in [0.717, 1.165) is 19.3 Å². The van der Waals surface area contributed by atoms with Crippen molar-refractivity contribution in [1.82, 2.24) is 9.88 Å². The highest BCUT2D eigenvalue weighted by Crippen LogP contribution is 2.32. The third-order valence-electron chi connectivity index (χ3n) is 4.92. The Hall–Kier alpha value is -1.82. The predicted octanol–water partition coefficient (Wildman–Crippen LogP) is 3.33. The molecule has 1 heterocycles. The number of thioether (sulfide) groups is 1. The van der Waals surface area contributed by atoms with E-state index in [2.05, 4.69) is 11.2 Å². The highest BCUT2D eigenvalue weighted by molar-refractivity contribution is 7.99. The molecule has 2 aromatic rings. The molecule has 1 N–H and O–H groups in total. The number of halogens is 1. The minimum absolute atomic E-state index is 0.0711. The van der Waals surface area contributed by atoms with Crippen LogP contribution in [0, 0.1) is 12.7 Å². The summed E-state index contributed by atoms with van der Waals surface area (Å²) in [5.74, 6) is -0.771. The Morgan fingerprint density at radius 1 is 1.38 bits per heavy atom. The highest BCUT2D eigenvalue weighted by atomic mass is 32.2. The van der Waals surface area contributed by atoms with E-state index in [1.54, 1.807) is 30.6 Å². The highest BCUT2D eigenvalue weighted by Gasteiger charge is 2.33. The first-order valence-electron chi connectivity index (χ1n) is 8.05. The van der Waals surface area contributed by atoms with Crippen molar-refractivity contribution in [2.24, 2.45) is 0 Å². The van der Waals surface area contributed by atoms with Crippen LogP contribution in [0.2, 0.25) is 0 Å². The molecule has 1 aromatic carbocycles. The zero-order valence-electron chi connectivity index (χ0n) is 14.1. The number of rotatable bonds is 3. The normalized spacial score (nSPS) is 20.5. The zero-order chi connectivity index (χ0) is 17.4. The maximum atomic E-state index is 13.7. The predicted molar refractivity (Wildman–Crippen MR) is 96.3 cm³/mol. The molecule has 0 aliphatic heterocycles. The maximum Gasteiger partial charge on any atom is 0.259 e. The number of nitrogens with zero attached hydrogens (tertiary/aromatic N) is 1. The second-order valence-electron chi connectivity index (χ2n) is 6.37. The van der Waals surface area contributed by atoms with E-state index in [1.807, 2.05) is 0 Å². The number of hydrogen-bond donors (Lipinski definition) is 1. The van der Waals surface area contributed by atoms with Gasteiger partial charge in [0, 0.05) is 29.9 Å². The topological polar surface area (TPSA) is 53.2 Å². The fraction of sp³-hybridized carbons (Fsp3) is 0.444. The van der Waals surface area contributed by atoms with Crippen LogP contribution < -0.4 is 5.43 Å². The van der Waals surface area contributed by atoms with Gasteiger partial charge < -0.3 is 9.88 Å². The Labute approximate surface area is 144 Å². The number of H-pyrrole nitrogens is 1. The number of aryl methyl sites for hydroxylation is 1. The van der Waals surface area contributed by atoms with E-state index in [1.165, 1.54) is 18.3 Å². The van der Waals surface area contributed by atoms with Gasteiger partial charge in [-0.05, 0) is 43.7 Å². The molecule has 0 saturated heterocycles. The Morgan fingerprint density at radius 2 is 2.12 bits per heavy atom. The number of aromatic nitrogens is 1. The summed E-state index contributed by atoms with van der Waals surface area (Å²) < 4.78 is 13.7. The molecular formula is C18H21FN2O2S. The fourth-order valence-corrected chi connectivity index (χ4v) is 4.63. The van der Waals surface area contributed by atoms with E-state index >= 15 is 0 Å². The number of fused-ring (bicyclic) bond motifs is 1. The average Bonchev–Trinajstić information content (AvgIpc) is 3.03. The Balaban J connectivity index is 2.01. The largest absolute Gasteiger partial charge is 0.360 e. The Morgan fingerprint density at radius 3 is 2.83 bits per heavy atom. The minimum atomic E-state index is -0.471. The lowest BCUT2D eigenvalue weighted by atomic mass is 10.1. The summed E-state index contributed by atoms with van der Waals surface area (Å²) >= 11 is 1.76. The maximum absolute atomic E-state index is 13.7. The molecule has 4 nitrogen and oxygen atoms in total. The van der Waals surface area contributed by atoms with Gasteiger partial charge in [0.05, 0.1) is 5.52 Å². The molecule has 6 heteroatoms. The van der Waals surface area contributed by atoms with Gasteiger partial charge in [-0.3, -0.25) is 9.59 Å². The van der Waals surface area contributed by atoms with E-state index < -0.39 is 11.2 Å². The average molecular weight is 348 g/mol. The van der Waals surface area contributed by atoms with Gasteiger partial charge in [-0.15, -0.1) is 0 Å². The molecule has 1 fully saturated rings. The number of carbonyl (C=O) groups is 1. The molecule has 2 atom stereocenters. The lowest BCUT2D eigenvalue weighted by Crippen LogP contribution is -2.42. The summed E-state index contributed by atoms with van der Waals surface area (Å²) in [4.78, 5) is 30.2. The zero-order valence-corrected chi connectivity index (χ0v) is 14.9. The third kappa shape index (κ3) is 2.83. The Kier molecular flexibility index (Phi) is 4.67. The van der Waals surface area contributed by atoms with E-state index in [-0.39, 0.29) is 22.9 Å². The number of carbonyl (C=O) groups excluding carboxylic acids is 1. The van der Waals surface area contributed by atoms with Gasteiger partial charge in [0.15, 0.2) is 0 Å². The van der Waals surface area contributed by atoms with Crippen LogP contribution in [0.1, 0.15) is 35.2 Å². The summed E-state index contributed by atoms with van der Waals surface area (Å²) in [6, 6.07) is 2.70. The monoisotopic (exact) mass is 348 g/mol. The molecule has 1 aliphatic rings. The number of amides is 1. The van der Waals surface area contributed by atoms with E-state index in [9.17, 15) is 14.0 Å². The number of hydrogen-bond acceptors (Lipinski definition) is 3. The molecule has 0 bridgehead atoms. The standard InChI is InChI=1S/C18H21FN2O2S/c1-10-7-11(19)8-12-16(10)20-9-13(17(12)22)18(23)21(2)14-5-4-6-15(14)24-3/h7-9,14-15H,4-6H2,1-3H3,(H,20,22)/t14-,15-/m0/s1. The molecule has 24 heavy (non-hydrogen) atoms. The first-order chi connectivity index (χ1) is 11.4. The van der Waals surface area contributed by atoms with Gasteiger partial charge >= 0.3 is 0 Å². The molecule has 0 spiro atoms. The number of aromatic amines is 1. The number of nitrogens with one attached hydrogen (secondary N) is 1. The molecule has 1 aliphatic carbocycles. The Bertz CT molecular complexity index is 849. The molecule has 1 saturated carbocycles. The summed E-state index contributed by atoms with van der Waals surface area (Å²) in [6.45, 7) is 1.73. The molecule has 128 valence electrons. The van der Waals surface area contributed by atoms with Crippen LogP contribution in [0.25, 0.3) is 10.9 Å². The van der Waals surface area contributed by atoms with Crippen molar-refractivity contribution in [3.8, 4) is 0 Å². The van der Waals surface area contributed by atoms with Crippen molar-refractivity contribution in [3.05, 3.63) is 45.5 Å². The fourth-order valence-electron chi connectivity index (χ4n) is 3.59. The van der Waals surface area contributed by atoms with Gasteiger partial charge in [-0.1, -0.05) is 6.42 Å². The van der Waals surface area contributed by atoms with Crippen LogP contribution in [-0.4, -0.2) is 40.4 Å². The number of benzene rings is 1. The third-order valence-corrected chi connectivity index (χ3v) is 6.07. The molecule has 0 radical (unpaired) electrons. The van der Waals surface area contributed by atoms with Crippen molar-refractivity contribution in [2.45, 2.75) is 37.5 Å². The summed E-state index contributed by atoms with van der Waals surface area (Å²) in [7, 11) is 1.75. The summed E-state index contributed by atoms with van der Waals surface area (Å²) in [5.41, 5.74) is 0.875. The van der Waals surface area contributed by atoms with Gasteiger partial charge in [-0.25, -0.2) is 4.39 Å². The molecule has 3 rings (SSSR count). The van der Waals surface area contributed by atoms with Crippen LogP contribution in [0.4, 0.5) is 4.39 Å². The summed E-state index contributed by atoms with van der Waals surface area (Å²) in [5, 5.41) is 0.623.